The van der Waals surface area contributed by atoms with Crippen LogP contribution in [0.25, 0.3) is 0 Å². The first-order chi connectivity index (χ1) is 7.31. The van der Waals surface area contributed by atoms with Crippen LogP contribution in [0, 0.1) is 0 Å². The zero-order chi connectivity index (χ0) is 10.7. The molecule has 0 aliphatic heterocycles. The zero-order valence-electron chi connectivity index (χ0n) is 8.38. The Morgan fingerprint density at radius 2 is 1.87 bits per heavy atom. The lowest BCUT2D eigenvalue weighted by Crippen LogP contribution is -1.97. The van der Waals surface area contributed by atoms with Crippen molar-refractivity contribution >= 4 is 23.1 Å². The predicted octanol–water partition coefficient (Wildman–Crippen LogP) is 3.55. The van der Waals surface area contributed by atoms with E-state index >= 15 is 0 Å². The Bertz CT molecular complexity index is 406. The minimum Gasteiger partial charge on any atom is -0.384 e. The quantitative estimate of drug-likeness (QED) is 0.822. The van der Waals surface area contributed by atoms with Crippen LogP contribution >= 0.6 is 23.1 Å². The minimum atomic E-state index is -0.493. The Labute approximate surface area is 97.8 Å². The average molecular weight is 236 g/mol. The van der Waals surface area contributed by atoms with Crippen molar-refractivity contribution in [2.75, 3.05) is 6.26 Å². The highest BCUT2D eigenvalue weighted by Crippen LogP contribution is 2.25. The van der Waals surface area contributed by atoms with Crippen molar-refractivity contribution in [2.45, 2.75) is 11.0 Å². The Balaban J connectivity index is 2.22. The topological polar surface area (TPSA) is 20.2 Å². The van der Waals surface area contributed by atoms with E-state index in [2.05, 4.69) is 0 Å². The highest BCUT2D eigenvalue weighted by atomic mass is 32.2. The molecule has 1 N–H and O–H groups in total. The molecule has 78 valence electrons. The number of hydrogen-bond donors (Lipinski definition) is 1. The van der Waals surface area contributed by atoms with E-state index in [-0.39, 0.29) is 0 Å². The summed E-state index contributed by atoms with van der Waals surface area (Å²) >= 11 is 3.31. The minimum absolute atomic E-state index is 0.493. The first-order valence-electron chi connectivity index (χ1n) is 4.65. The van der Waals surface area contributed by atoms with Gasteiger partial charge in [0.05, 0.1) is 0 Å². The lowest BCUT2D eigenvalue weighted by Gasteiger charge is -2.09. The molecule has 0 aliphatic rings. The molecule has 0 saturated carbocycles. The lowest BCUT2D eigenvalue weighted by molar-refractivity contribution is 0.221. The van der Waals surface area contributed by atoms with Gasteiger partial charge in [-0.3, -0.25) is 0 Å². The molecular weight excluding hydrogens is 224 g/mol. The van der Waals surface area contributed by atoms with Crippen LogP contribution in [0.5, 0.6) is 0 Å². The fourth-order valence-electron chi connectivity index (χ4n) is 1.41. The summed E-state index contributed by atoms with van der Waals surface area (Å²) in [6.45, 7) is 0. The molecule has 0 unspecified atom stereocenters. The number of aliphatic hydroxyl groups is 1. The van der Waals surface area contributed by atoms with E-state index in [0.29, 0.717) is 0 Å². The standard InChI is InChI=1S/C12H12OS2/c1-14-11-4-2-9(3-5-11)12(13)10-6-7-15-8-10/h2-8,12-13H,1H3/t12-/m1/s1. The molecule has 0 amide bonds. The molecule has 1 heterocycles. The van der Waals surface area contributed by atoms with Gasteiger partial charge in [-0.25, -0.2) is 0 Å². The Kier molecular flexibility index (Phi) is 3.46. The van der Waals surface area contributed by atoms with Crippen molar-refractivity contribution in [3.63, 3.8) is 0 Å². The van der Waals surface area contributed by atoms with Crippen molar-refractivity contribution in [3.05, 3.63) is 52.2 Å². The second-order valence-electron chi connectivity index (χ2n) is 3.23. The number of hydrogen-bond acceptors (Lipinski definition) is 3. The SMILES string of the molecule is CSc1ccc([C@@H](O)c2ccsc2)cc1. The van der Waals surface area contributed by atoms with Gasteiger partial charge in [0.2, 0.25) is 0 Å². The van der Waals surface area contributed by atoms with Gasteiger partial charge in [-0.2, -0.15) is 11.3 Å². The third-order valence-electron chi connectivity index (χ3n) is 2.29. The van der Waals surface area contributed by atoms with Crippen molar-refractivity contribution < 1.29 is 5.11 Å². The van der Waals surface area contributed by atoms with Crippen LogP contribution in [-0.2, 0) is 0 Å². The van der Waals surface area contributed by atoms with Crippen LogP contribution in [-0.4, -0.2) is 11.4 Å². The summed E-state index contributed by atoms with van der Waals surface area (Å²) in [5.74, 6) is 0. The number of rotatable bonds is 3. The molecule has 1 atom stereocenters. The summed E-state index contributed by atoms with van der Waals surface area (Å²) < 4.78 is 0. The molecule has 0 saturated heterocycles. The summed E-state index contributed by atoms with van der Waals surface area (Å²) in [6, 6.07) is 9.99. The molecule has 2 rings (SSSR count). The van der Waals surface area contributed by atoms with Gasteiger partial charge < -0.3 is 5.11 Å². The molecule has 1 nitrogen and oxygen atoms in total. The molecule has 0 bridgehead atoms. The monoisotopic (exact) mass is 236 g/mol. The molecule has 0 fully saturated rings. The van der Waals surface area contributed by atoms with Gasteiger partial charge in [-0.15, -0.1) is 11.8 Å². The fourth-order valence-corrected chi connectivity index (χ4v) is 2.50. The predicted molar refractivity (Wildman–Crippen MR) is 66.6 cm³/mol. The molecule has 0 aliphatic carbocycles. The first-order valence-corrected chi connectivity index (χ1v) is 6.82. The van der Waals surface area contributed by atoms with Gasteiger partial charge in [-0.05, 0) is 46.3 Å². The second kappa shape index (κ2) is 4.84. The van der Waals surface area contributed by atoms with Crippen molar-refractivity contribution in [1.82, 2.24) is 0 Å². The summed E-state index contributed by atoms with van der Waals surface area (Å²) in [5, 5.41) is 14.0. The lowest BCUT2D eigenvalue weighted by atomic mass is 10.1. The van der Waals surface area contributed by atoms with Crippen LogP contribution in [0.3, 0.4) is 0 Å². The normalized spacial score (nSPS) is 12.7. The smallest absolute Gasteiger partial charge is 0.105 e. The molecule has 0 spiro atoms. The Hall–Kier alpha value is -0.770. The highest BCUT2D eigenvalue weighted by molar-refractivity contribution is 7.98. The number of thioether (sulfide) groups is 1. The van der Waals surface area contributed by atoms with Gasteiger partial charge in [0.1, 0.15) is 6.10 Å². The molecule has 1 aromatic carbocycles. The van der Waals surface area contributed by atoms with Gasteiger partial charge in [0, 0.05) is 4.90 Å². The summed E-state index contributed by atoms with van der Waals surface area (Å²) in [5.41, 5.74) is 1.92. The van der Waals surface area contributed by atoms with Crippen LogP contribution in [0.4, 0.5) is 0 Å². The van der Waals surface area contributed by atoms with Crippen LogP contribution in [0.1, 0.15) is 17.2 Å². The maximum absolute atomic E-state index is 10.0. The molecule has 1 aromatic heterocycles. The maximum Gasteiger partial charge on any atom is 0.105 e. The van der Waals surface area contributed by atoms with Crippen molar-refractivity contribution in [2.24, 2.45) is 0 Å². The van der Waals surface area contributed by atoms with E-state index in [1.54, 1.807) is 23.1 Å². The molecule has 0 radical (unpaired) electrons. The van der Waals surface area contributed by atoms with Crippen LogP contribution in [0.15, 0.2) is 46.0 Å². The van der Waals surface area contributed by atoms with E-state index in [1.807, 2.05) is 47.3 Å². The third kappa shape index (κ3) is 2.43. The largest absolute Gasteiger partial charge is 0.384 e. The zero-order valence-corrected chi connectivity index (χ0v) is 10.0. The first kappa shape index (κ1) is 10.7. The molecule has 15 heavy (non-hydrogen) atoms. The van der Waals surface area contributed by atoms with Crippen molar-refractivity contribution in [3.8, 4) is 0 Å². The van der Waals surface area contributed by atoms with Gasteiger partial charge in [-0.1, -0.05) is 12.1 Å². The third-order valence-corrected chi connectivity index (χ3v) is 3.74. The Morgan fingerprint density at radius 3 is 2.40 bits per heavy atom. The summed E-state index contributed by atoms with van der Waals surface area (Å²) in [6.07, 6.45) is 1.55. The van der Waals surface area contributed by atoms with Gasteiger partial charge >= 0.3 is 0 Å². The summed E-state index contributed by atoms with van der Waals surface area (Å²) in [7, 11) is 0. The molecule has 3 heteroatoms. The van der Waals surface area contributed by atoms with Crippen LogP contribution < -0.4 is 0 Å². The van der Waals surface area contributed by atoms with E-state index in [0.717, 1.165) is 11.1 Å². The van der Waals surface area contributed by atoms with E-state index in [4.69, 9.17) is 0 Å². The highest BCUT2D eigenvalue weighted by Gasteiger charge is 2.09. The number of thiophene rings is 1. The number of benzene rings is 1. The molecular formula is C12H12OS2. The van der Waals surface area contributed by atoms with E-state index in [1.165, 1.54) is 4.90 Å². The number of aliphatic hydroxyl groups excluding tert-OH is 1. The maximum atomic E-state index is 10.0. The van der Waals surface area contributed by atoms with Gasteiger partial charge in [0.25, 0.3) is 0 Å². The van der Waals surface area contributed by atoms with Gasteiger partial charge in [0.15, 0.2) is 0 Å². The van der Waals surface area contributed by atoms with E-state index in [9.17, 15) is 5.11 Å². The van der Waals surface area contributed by atoms with Crippen molar-refractivity contribution in [1.29, 1.82) is 0 Å². The second-order valence-corrected chi connectivity index (χ2v) is 4.89. The van der Waals surface area contributed by atoms with Crippen LogP contribution in [0.2, 0.25) is 0 Å². The summed E-state index contributed by atoms with van der Waals surface area (Å²) in [4.78, 5) is 1.22. The fraction of sp³-hybridized carbons (Fsp3) is 0.167. The Morgan fingerprint density at radius 1 is 1.13 bits per heavy atom. The van der Waals surface area contributed by atoms with E-state index < -0.39 is 6.10 Å². The molecule has 2 aromatic rings. The average Bonchev–Trinajstić information content (AvgIpc) is 2.82.